The highest BCUT2D eigenvalue weighted by atomic mass is 15.1. The Morgan fingerprint density at radius 2 is 0.714 bits per heavy atom. The van der Waals surface area contributed by atoms with Crippen molar-refractivity contribution in [3.63, 3.8) is 0 Å². The second-order valence-electron chi connectivity index (χ2n) is 14.7. The minimum atomic E-state index is 0.928. The topological polar surface area (TPSA) is 17.8 Å². The van der Waals surface area contributed by atoms with E-state index >= 15 is 0 Å². The molecule has 2 nitrogen and oxygen atoms in total. The lowest BCUT2D eigenvalue weighted by atomic mass is 9.84. The molecule has 2 heteroatoms. The Morgan fingerprint density at radius 1 is 0.339 bits per heavy atom. The number of rotatable bonds is 5. The number of fused-ring (bicyclic) bond motifs is 5. The van der Waals surface area contributed by atoms with Gasteiger partial charge in [-0.1, -0.05) is 164 Å². The quantitative estimate of drug-likeness (QED) is 0.162. The van der Waals surface area contributed by atoms with Crippen LogP contribution in [0.4, 0.5) is 0 Å². The van der Waals surface area contributed by atoms with E-state index in [2.05, 4.69) is 212 Å². The molecular formula is C54H36N2. The molecule has 262 valence electrons. The lowest BCUT2D eigenvalue weighted by Gasteiger charge is -2.19. The van der Waals surface area contributed by atoms with E-state index in [9.17, 15) is 0 Å². The van der Waals surface area contributed by atoms with Crippen molar-refractivity contribution in [2.75, 3.05) is 0 Å². The van der Waals surface area contributed by atoms with Crippen LogP contribution in [-0.2, 0) is 0 Å². The van der Waals surface area contributed by atoms with E-state index in [4.69, 9.17) is 4.98 Å². The van der Waals surface area contributed by atoms with Crippen LogP contribution in [0.2, 0.25) is 0 Å². The molecule has 0 radical (unpaired) electrons. The Bertz CT molecular complexity index is 3200. The van der Waals surface area contributed by atoms with Gasteiger partial charge in [-0.25, -0.2) is 4.98 Å². The zero-order chi connectivity index (χ0) is 37.2. The van der Waals surface area contributed by atoms with E-state index in [1.807, 2.05) is 0 Å². The van der Waals surface area contributed by atoms with E-state index in [1.54, 1.807) is 0 Å². The molecule has 56 heavy (non-hydrogen) atoms. The van der Waals surface area contributed by atoms with Crippen LogP contribution in [0, 0.1) is 6.92 Å². The van der Waals surface area contributed by atoms with E-state index in [0.29, 0.717) is 0 Å². The molecule has 0 atom stereocenters. The number of hydrogen-bond acceptors (Lipinski definition) is 1. The van der Waals surface area contributed by atoms with E-state index in [0.717, 1.165) is 28.1 Å². The van der Waals surface area contributed by atoms with E-state index in [-0.39, 0.29) is 0 Å². The summed E-state index contributed by atoms with van der Waals surface area (Å²) in [4.78, 5) is 5.21. The molecule has 0 aliphatic heterocycles. The van der Waals surface area contributed by atoms with Crippen molar-refractivity contribution in [2.45, 2.75) is 6.92 Å². The van der Waals surface area contributed by atoms with Gasteiger partial charge in [0, 0.05) is 11.3 Å². The van der Waals surface area contributed by atoms with Crippen LogP contribution in [0.5, 0.6) is 0 Å². The van der Waals surface area contributed by atoms with Crippen molar-refractivity contribution in [1.82, 2.24) is 9.55 Å². The number of aryl methyl sites for hydroxylation is 1. The van der Waals surface area contributed by atoms with Crippen molar-refractivity contribution in [3.8, 4) is 50.5 Å². The van der Waals surface area contributed by atoms with Gasteiger partial charge in [-0.2, -0.15) is 0 Å². The lowest BCUT2D eigenvalue weighted by molar-refractivity contribution is 1.10. The van der Waals surface area contributed by atoms with Crippen LogP contribution in [0.3, 0.4) is 0 Å². The highest BCUT2D eigenvalue weighted by Crippen LogP contribution is 2.46. The molecule has 0 saturated heterocycles. The van der Waals surface area contributed by atoms with Gasteiger partial charge in [0.05, 0.1) is 11.0 Å². The molecule has 0 spiro atoms. The maximum absolute atomic E-state index is 5.21. The molecule has 0 amide bonds. The Balaban J connectivity index is 1.14. The molecule has 1 aromatic heterocycles. The van der Waals surface area contributed by atoms with Crippen molar-refractivity contribution in [2.24, 2.45) is 0 Å². The Morgan fingerprint density at radius 3 is 1.21 bits per heavy atom. The number of nitrogens with zero attached hydrogens (tertiary/aromatic N) is 2. The van der Waals surface area contributed by atoms with Crippen LogP contribution in [-0.4, -0.2) is 9.55 Å². The van der Waals surface area contributed by atoms with Crippen LogP contribution in [0.15, 0.2) is 200 Å². The summed E-state index contributed by atoms with van der Waals surface area (Å²) in [6.07, 6.45) is 0. The summed E-state index contributed by atoms with van der Waals surface area (Å²) < 4.78 is 2.28. The zero-order valence-corrected chi connectivity index (χ0v) is 30.9. The maximum atomic E-state index is 5.21. The fourth-order valence-corrected chi connectivity index (χ4v) is 9.11. The third kappa shape index (κ3) is 5.00. The molecule has 11 rings (SSSR count). The number of imidazole rings is 1. The zero-order valence-electron chi connectivity index (χ0n) is 30.9. The number of hydrogen-bond donors (Lipinski definition) is 0. The fourth-order valence-electron chi connectivity index (χ4n) is 9.11. The van der Waals surface area contributed by atoms with Crippen molar-refractivity contribution < 1.29 is 0 Å². The monoisotopic (exact) mass is 712 g/mol. The van der Waals surface area contributed by atoms with Gasteiger partial charge in [0.25, 0.3) is 0 Å². The second kappa shape index (κ2) is 12.9. The van der Waals surface area contributed by atoms with Crippen LogP contribution >= 0.6 is 0 Å². The molecule has 0 aliphatic rings. The summed E-state index contributed by atoms with van der Waals surface area (Å²) in [5, 5.41) is 10.1. The standard InChI is InChI=1S/C54H36N2/c1-35-41-23-5-7-25-43(41)51(44-26-8-6-24-42(35)44)36-17-15-18-37(33-36)52-45-27-9-11-29-47(45)53(48-30-12-10-28-46(48)52)38-19-16-20-39(34-38)54-55-49-31-13-14-32-50(49)56(54)40-21-3-2-4-22-40/h2-34H,1H3. The first kappa shape index (κ1) is 32.2. The van der Waals surface area contributed by atoms with Crippen LogP contribution in [0.1, 0.15) is 5.56 Å². The van der Waals surface area contributed by atoms with Crippen molar-refractivity contribution >= 4 is 54.1 Å². The van der Waals surface area contributed by atoms with Gasteiger partial charge in [0.15, 0.2) is 0 Å². The van der Waals surface area contributed by atoms with Gasteiger partial charge in [-0.15, -0.1) is 0 Å². The van der Waals surface area contributed by atoms with Gasteiger partial charge in [0.1, 0.15) is 5.82 Å². The summed E-state index contributed by atoms with van der Waals surface area (Å²) >= 11 is 0. The smallest absolute Gasteiger partial charge is 0.145 e. The molecule has 1 heterocycles. The summed E-state index contributed by atoms with van der Waals surface area (Å²) in [7, 11) is 0. The molecule has 0 unspecified atom stereocenters. The highest BCUT2D eigenvalue weighted by Gasteiger charge is 2.20. The van der Waals surface area contributed by atoms with E-state index in [1.165, 1.54) is 82.0 Å². The number of aromatic nitrogens is 2. The van der Waals surface area contributed by atoms with E-state index < -0.39 is 0 Å². The molecule has 10 aromatic carbocycles. The Hall–Kier alpha value is -7.29. The average molecular weight is 713 g/mol. The second-order valence-corrected chi connectivity index (χ2v) is 14.7. The van der Waals surface area contributed by atoms with Gasteiger partial charge in [0.2, 0.25) is 0 Å². The Labute approximate surface area is 325 Å². The lowest BCUT2D eigenvalue weighted by Crippen LogP contribution is -1.97. The number of benzene rings is 10. The minimum absolute atomic E-state index is 0.928. The predicted molar refractivity (Wildman–Crippen MR) is 238 cm³/mol. The van der Waals surface area contributed by atoms with Crippen molar-refractivity contribution in [1.29, 1.82) is 0 Å². The van der Waals surface area contributed by atoms with Gasteiger partial charge in [-0.05, 0) is 125 Å². The first-order chi connectivity index (χ1) is 27.7. The molecular weight excluding hydrogens is 677 g/mol. The van der Waals surface area contributed by atoms with Gasteiger partial charge in [-0.3, -0.25) is 4.57 Å². The number of para-hydroxylation sites is 3. The SMILES string of the molecule is Cc1c2ccccc2c(-c2cccc(-c3c4ccccc4c(-c4cccc(-c5nc6ccccc6n5-c5ccccc5)c4)c4ccccc34)c2)c2ccccc12. The van der Waals surface area contributed by atoms with Gasteiger partial charge < -0.3 is 0 Å². The minimum Gasteiger partial charge on any atom is -0.292 e. The molecule has 0 bridgehead atoms. The Kier molecular flexibility index (Phi) is 7.43. The highest BCUT2D eigenvalue weighted by molar-refractivity contribution is 6.22. The fraction of sp³-hybridized carbons (Fsp3) is 0.0185. The summed E-state index contributed by atoms with van der Waals surface area (Å²) in [6, 6.07) is 72.6. The summed E-state index contributed by atoms with van der Waals surface area (Å²) in [5.74, 6) is 0.928. The molecule has 0 aliphatic carbocycles. The summed E-state index contributed by atoms with van der Waals surface area (Å²) in [5.41, 5.74) is 12.9. The van der Waals surface area contributed by atoms with Crippen LogP contribution in [0.25, 0.3) is 105 Å². The largest absolute Gasteiger partial charge is 0.292 e. The molecule has 0 N–H and O–H groups in total. The summed E-state index contributed by atoms with van der Waals surface area (Å²) in [6.45, 7) is 2.25. The molecule has 0 fully saturated rings. The van der Waals surface area contributed by atoms with Crippen molar-refractivity contribution in [3.05, 3.63) is 206 Å². The predicted octanol–water partition coefficient (Wildman–Crippen LogP) is 14.6. The third-order valence-corrected chi connectivity index (χ3v) is 11.6. The first-order valence-corrected chi connectivity index (χ1v) is 19.3. The third-order valence-electron chi connectivity index (χ3n) is 11.6. The van der Waals surface area contributed by atoms with Crippen LogP contribution < -0.4 is 0 Å². The van der Waals surface area contributed by atoms with Gasteiger partial charge >= 0.3 is 0 Å². The molecule has 11 aromatic rings. The normalized spacial score (nSPS) is 11.7. The first-order valence-electron chi connectivity index (χ1n) is 19.3. The molecule has 0 saturated carbocycles. The maximum Gasteiger partial charge on any atom is 0.145 e. The average Bonchev–Trinajstić information content (AvgIpc) is 3.66.